The third-order valence-corrected chi connectivity index (χ3v) is 3.45. The highest BCUT2D eigenvalue weighted by Crippen LogP contribution is 2.09. The Morgan fingerprint density at radius 3 is 2.79 bits per heavy atom. The zero-order valence-corrected chi connectivity index (χ0v) is 10.8. The molecule has 2 heterocycles. The van der Waals surface area contributed by atoms with Crippen molar-refractivity contribution in [1.82, 2.24) is 25.5 Å². The summed E-state index contributed by atoms with van der Waals surface area (Å²) in [5.74, 6) is 0. The Bertz CT molecular complexity index is 596. The first kappa shape index (κ1) is 12.4. The number of H-pyrrole nitrogens is 2. The van der Waals surface area contributed by atoms with Gasteiger partial charge >= 0.3 is 5.69 Å². The molecule has 1 aliphatic heterocycles. The topological polar surface area (TPSA) is 76.0 Å². The number of hydrogen-bond donors (Lipinski definition) is 4. The second-order valence-corrected chi connectivity index (χ2v) is 4.91. The van der Waals surface area contributed by atoms with Crippen LogP contribution < -0.4 is 16.3 Å². The van der Waals surface area contributed by atoms with Crippen LogP contribution in [-0.4, -0.2) is 47.7 Å². The summed E-state index contributed by atoms with van der Waals surface area (Å²) in [4.78, 5) is 19.1. The predicted molar refractivity (Wildman–Crippen MR) is 75.1 cm³/mol. The summed E-state index contributed by atoms with van der Waals surface area (Å²) in [6.07, 6.45) is 0. The summed E-state index contributed by atoms with van der Waals surface area (Å²) in [6.45, 7) is 6.04. The van der Waals surface area contributed by atoms with Crippen molar-refractivity contribution in [2.75, 3.05) is 32.8 Å². The molecule has 0 saturated carbocycles. The maximum atomic E-state index is 11.2. The first-order chi connectivity index (χ1) is 9.31. The van der Waals surface area contributed by atoms with Gasteiger partial charge in [0, 0.05) is 39.4 Å². The number of imidazole rings is 1. The molecule has 4 N–H and O–H groups in total. The van der Waals surface area contributed by atoms with Gasteiger partial charge in [0.15, 0.2) is 0 Å². The lowest BCUT2D eigenvalue weighted by molar-refractivity contribution is 0.223. The maximum Gasteiger partial charge on any atom is 0.323 e. The molecule has 1 aliphatic rings. The Morgan fingerprint density at radius 2 is 1.95 bits per heavy atom. The van der Waals surface area contributed by atoms with E-state index in [9.17, 15) is 4.79 Å². The molecule has 102 valence electrons. The minimum absolute atomic E-state index is 0.152. The molecule has 0 unspecified atom stereocenters. The standard InChI is InChI=1S/C13H19N5O/c19-13-16-11-2-1-10(7-12(11)17-13)8-15-9-18-5-3-14-4-6-18/h1-2,7,14-15H,3-6,8-9H2,(H2,16,17,19). The van der Waals surface area contributed by atoms with E-state index in [0.717, 1.165) is 50.4 Å². The molecule has 19 heavy (non-hydrogen) atoms. The maximum absolute atomic E-state index is 11.2. The van der Waals surface area contributed by atoms with Gasteiger partial charge in [-0.3, -0.25) is 4.90 Å². The molecule has 3 rings (SSSR count). The molecule has 0 amide bonds. The Balaban J connectivity index is 1.57. The lowest BCUT2D eigenvalue weighted by Crippen LogP contribution is -2.46. The SMILES string of the molecule is O=c1[nH]c2ccc(CNCN3CCNCC3)cc2[nH]1. The molecule has 1 saturated heterocycles. The predicted octanol–water partition coefficient (Wildman–Crippen LogP) is -0.191. The van der Waals surface area contributed by atoms with Gasteiger partial charge in [0.1, 0.15) is 0 Å². The van der Waals surface area contributed by atoms with Crippen LogP contribution in [0.15, 0.2) is 23.0 Å². The van der Waals surface area contributed by atoms with Gasteiger partial charge in [-0.2, -0.15) is 0 Å². The number of rotatable bonds is 4. The Morgan fingerprint density at radius 1 is 1.16 bits per heavy atom. The summed E-state index contributed by atoms with van der Waals surface area (Å²) >= 11 is 0. The fourth-order valence-corrected chi connectivity index (χ4v) is 2.42. The Labute approximate surface area is 111 Å². The number of aromatic nitrogens is 2. The van der Waals surface area contributed by atoms with Gasteiger partial charge in [0.2, 0.25) is 0 Å². The molecule has 0 atom stereocenters. The van der Waals surface area contributed by atoms with E-state index in [0.29, 0.717) is 0 Å². The number of piperazine rings is 1. The van der Waals surface area contributed by atoms with Crippen LogP contribution in [0.3, 0.4) is 0 Å². The average Bonchev–Trinajstić information content (AvgIpc) is 2.79. The highest BCUT2D eigenvalue weighted by atomic mass is 16.1. The zero-order chi connectivity index (χ0) is 13.1. The second-order valence-electron chi connectivity index (χ2n) is 4.91. The van der Waals surface area contributed by atoms with Crippen molar-refractivity contribution in [3.05, 3.63) is 34.2 Å². The van der Waals surface area contributed by atoms with E-state index in [-0.39, 0.29) is 5.69 Å². The van der Waals surface area contributed by atoms with Crippen LogP contribution in [0.5, 0.6) is 0 Å². The molecular weight excluding hydrogens is 242 g/mol. The van der Waals surface area contributed by atoms with Gasteiger partial charge in [-0.05, 0) is 17.7 Å². The largest absolute Gasteiger partial charge is 0.323 e. The fraction of sp³-hybridized carbons (Fsp3) is 0.462. The van der Waals surface area contributed by atoms with Gasteiger partial charge in [-0.1, -0.05) is 6.07 Å². The Kier molecular flexibility index (Phi) is 3.63. The number of nitrogens with zero attached hydrogens (tertiary/aromatic N) is 1. The van der Waals surface area contributed by atoms with Crippen LogP contribution in [0, 0.1) is 0 Å². The third-order valence-electron chi connectivity index (χ3n) is 3.45. The van der Waals surface area contributed by atoms with Crippen molar-refractivity contribution in [2.45, 2.75) is 6.54 Å². The van der Waals surface area contributed by atoms with Gasteiger partial charge in [-0.15, -0.1) is 0 Å². The van der Waals surface area contributed by atoms with E-state index >= 15 is 0 Å². The lowest BCUT2D eigenvalue weighted by Gasteiger charge is -2.27. The molecule has 6 heteroatoms. The summed E-state index contributed by atoms with van der Waals surface area (Å²) in [5.41, 5.74) is 2.75. The van der Waals surface area contributed by atoms with E-state index in [1.54, 1.807) is 0 Å². The van der Waals surface area contributed by atoms with E-state index in [1.165, 1.54) is 5.56 Å². The minimum atomic E-state index is -0.152. The molecule has 1 fully saturated rings. The molecule has 0 bridgehead atoms. The van der Waals surface area contributed by atoms with E-state index in [1.807, 2.05) is 18.2 Å². The highest BCUT2D eigenvalue weighted by molar-refractivity contribution is 5.74. The first-order valence-electron chi connectivity index (χ1n) is 6.66. The summed E-state index contributed by atoms with van der Waals surface area (Å²) < 4.78 is 0. The monoisotopic (exact) mass is 261 g/mol. The molecule has 0 spiro atoms. The van der Waals surface area contributed by atoms with Crippen LogP contribution in [0.4, 0.5) is 0 Å². The second kappa shape index (κ2) is 5.56. The first-order valence-corrected chi connectivity index (χ1v) is 6.66. The molecule has 6 nitrogen and oxygen atoms in total. The van der Waals surface area contributed by atoms with Gasteiger partial charge in [0.05, 0.1) is 11.0 Å². The third kappa shape index (κ3) is 3.04. The number of hydrogen-bond acceptors (Lipinski definition) is 4. The highest BCUT2D eigenvalue weighted by Gasteiger charge is 2.08. The molecule has 1 aromatic carbocycles. The summed E-state index contributed by atoms with van der Waals surface area (Å²) in [6, 6.07) is 5.99. The van der Waals surface area contributed by atoms with Crippen molar-refractivity contribution in [1.29, 1.82) is 0 Å². The van der Waals surface area contributed by atoms with Crippen molar-refractivity contribution in [3.8, 4) is 0 Å². The molecule has 0 radical (unpaired) electrons. The number of fused-ring (bicyclic) bond motifs is 1. The molecule has 2 aromatic rings. The normalized spacial score (nSPS) is 17.1. The molecule has 1 aromatic heterocycles. The Hall–Kier alpha value is -1.63. The van der Waals surface area contributed by atoms with Crippen molar-refractivity contribution in [3.63, 3.8) is 0 Å². The minimum Gasteiger partial charge on any atom is -0.314 e. The zero-order valence-electron chi connectivity index (χ0n) is 10.8. The van der Waals surface area contributed by atoms with E-state index in [2.05, 4.69) is 25.5 Å². The number of benzene rings is 1. The lowest BCUT2D eigenvalue weighted by atomic mass is 10.2. The quantitative estimate of drug-likeness (QED) is 0.615. The summed E-state index contributed by atoms with van der Waals surface area (Å²) in [5, 5.41) is 6.78. The van der Waals surface area contributed by atoms with Gasteiger partial charge < -0.3 is 20.6 Å². The van der Waals surface area contributed by atoms with Gasteiger partial charge in [0.25, 0.3) is 0 Å². The average molecular weight is 261 g/mol. The van der Waals surface area contributed by atoms with Crippen molar-refractivity contribution >= 4 is 11.0 Å². The van der Waals surface area contributed by atoms with Crippen molar-refractivity contribution in [2.24, 2.45) is 0 Å². The van der Waals surface area contributed by atoms with Crippen LogP contribution in [0.1, 0.15) is 5.56 Å². The smallest absolute Gasteiger partial charge is 0.314 e. The fourth-order valence-electron chi connectivity index (χ4n) is 2.42. The van der Waals surface area contributed by atoms with Crippen LogP contribution in [-0.2, 0) is 6.54 Å². The van der Waals surface area contributed by atoms with Gasteiger partial charge in [-0.25, -0.2) is 4.79 Å². The van der Waals surface area contributed by atoms with Crippen LogP contribution in [0.2, 0.25) is 0 Å². The summed E-state index contributed by atoms with van der Waals surface area (Å²) in [7, 11) is 0. The van der Waals surface area contributed by atoms with Crippen LogP contribution >= 0.6 is 0 Å². The van der Waals surface area contributed by atoms with E-state index < -0.39 is 0 Å². The number of nitrogens with one attached hydrogen (secondary N) is 4. The van der Waals surface area contributed by atoms with Crippen molar-refractivity contribution < 1.29 is 0 Å². The molecular formula is C13H19N5O. The molecule has 0 aliphatic carbocycles. The van der Waals surface area contributed by atoms with E-state index in [4.69, 9.17) is 0 Å². The van der Waals surface area contributed by atoms with Crippen LogP contribution in [0.25, 0.3) is 11.0 Å². The number of aromatic amines is 2.